The van der Waals surface area contributed by atoms with Gasteiger partial charge in [-0.05, 0) is 29.8 Å². The van der Waals surface area contributed by atoms with E-state index < -0.39 is 24.5 Å². The van der Waals surface area contributed by atoms with Gasteiger partial charge < -0.3 is 10.1 Å². The van der Waals surface area contributed by atoms with E-state index >= 15 is 0 Å². The number of esters is 1. The van der Waals surface area contributed by atoms with E-state index in [1.165, 1.54) is 0 Å². The van der Waals surface area contributed by atoms with Gasteiger partial charge in [0.25, 0.3) is 5.91 Å². The first kappa shape index (κ1) is 21.3. The molecule has 0 radical (unpaired) electrons. The quantitative estimate of drug-likeness (QED) is 0.439. The summed E-state index contributed by atoms with van der Waals surface area (Å²) in [6.45, 7) is -0.398. The average Bonchev–Trinajstić information content (AvgIpc) is 2.78. The Morgan fingerprint density at radius 1 is 0.800 bits per heavy atom. The summed E-state index contributed by atoms with van der Waals surface area (Å²) in [5.41, 5.74) is 1.67. The molecule has 30 heavy (non-hydrogen) atoms. The second kappa shape index (κ2) is 10.4. The first-order valence-corrected chi connectivity index (χ1v) is 9.76. The molecule has 6 heteroatoms. The highest BCUT2D eigenvalue weighted by atomic mass is 35.5. The number of amides is 1. The van der Waals surface area contributed by atoms with Crippen LogP contribution in [0.4, 0.5) is 0 Å². The van der Waals surface area contributed by atoms with Crippen LogP contribution in [0.5, 0.6) is 0 Å². The second-order valence-electron chi connectivity index (χ2n) is 6.62. The first-order valence-electron chi connectivity index (χ1n) is 9.38. The molecule has 3 rings (SSSR count). The lowest BCUT2D eigenvalue weighted by Crippen LogP contribution is -2.43. The molecule has 152 valence electrons. The summed E-state index contributed by atoms with van der Waals surface area (Å²) in [5, 5.41) is 3.20. The smallest absolute Gasteiger partial charge is 0.329 e. The topological polar surface area (TPSA) is 72.5 Å². The van der Waals surface area contributed by atoms with Crippen LogP contribution < -0.4 is 5.32 Å². The van der Waals surface area contributed by atoms with Gasteiger partial charge in [0, 0.05) is 22.6 Å². The summed E-state index contributed by atoms with van der Waals surface area (Å²) in [6.07, 6.45) is 0.235. The highest BCUT2D eigenvalue weighted by molar-refractivity contribution is 6.30. The SMILES string of the molecule is O=C(COC(=O)C(Cc1ccccc1)NC(=O)c1ccc(Cl)cc1)c1ccccc1. The van der Waals surface area contributed by atoms with Crippen LogP contribution >= 0.6 is 11.6 Å². The van der Waals surface area contributed by atoms with Crippen LogP contribution in [0, 0.1) is 0 Å². The van der Waals surface area contributed by atoms with E-state index in [0.717, 1.165) is 5.56 Å². The molecule has 1 amide bonds. The summed E-state index contributed by atoms with van der Waals surface area (Å²) in [6, 6.07) is 23.2. The van der Waals surface area contributed by atoms with E-state index in [0.29, 0.717) is 16.1 Å². The van der Waals surface area contributed by atoms with Crippen molar-refractivity contribution in [3.63, 3.8) is 0 Å². The maximum Gasteiger partial charge on any atom is 0.329 e. The highest BCUT2D eigenvalue weighted by Crippen LogP contribution is 2.11. The molecule has 0 spiro atoms. The largest absolute Gasteiger partial charge is 0.456 e. The molecule has 0 aromatic heterocycles. The molecule has 0 aliphatic carbocycles. The minimum absolute atomic E-state index is 0.235. The Morgan fingerprint density at radius 3 is 2.03 bits per heavy atom. The lowest BCUT2D eigenvalue weighted by atomic mass is 10.1. The number of halogens is 1. The van der Waals surface area contributed by atoms with E-state index in [2.05, 4.69) is 5.32 Å². The lowest BCUT2D eigenvalue weighted by Gasteiger charge is -2.18. The molecule has 5 nitrogen and oxygen atoms in total. The van der Waals surface area contributed by atoms with Crippen molar-refractivity contribution in [2.75, 3.05) is 6.61 Å². The molecule has 3 aromatic carbocycles. The van der Waals surface area contributed by atoms with E-state index in [1.54, 1.807) is 54.6 Å². The Kier molecular flexibility index (Phi) is 7.35. The molecule has 0 bridgehead atoms. The van der Waals surface area contributed by atoms with Crippen LogP contribution in [0.2, 0.25) is 5.02 Å². The van der Waals surface area contributed by atoms with Gasteiger partial charge in [0.15, 0.2) is 12.4 Å². The van der Waals surface area contributed by atoms with Gasteiger partial charge in [-0.25, -0.2) is 4.79 Å². The Bertz CT molecular complexity index is 1000. The fourth-order valence-electron chi connectivity index (χ4n) is 2.83. The zero-order chi connectivity index (χ0) is 21.3. The summed E-state index contributed by atoms with van der Waals surface area (Å²) in [7, 11) is 0. The summed E-state index contributed by atoms with van der Waals surface area (Å²) >= 11 is 5.86. The van der Waals surface area contributed by atoms with Gasteiger partial charge in [0.1, 0.15) is 6.04 Å². The van der Waals surface area contributed by atoms with Crippen molar-refractivity contribution >= 4 is 29.3 Å². The fraction of sp³-hybridized carbons (Fsp3) is 0.125. The Hall–Kier alpha value is -3.44. The van der Waals surface area contributed by atoms with Crippen LogP contribution in [-0.4, -0.2) is 30.3 Å². The van der Waals surface area contributed by atoms with Gasteiger partial charge in [0.05, 0.1) is 0 Å². The van der Waals surface area contributed by atoms with Crippen molar-refractivity contribution in [2.45, 2.75) is 12.5 Å². The van der Waals surface area contributed by atoms with Crippen molar-refractivity contribution < 1.29 is 19.1 Å². The second-order valence-corrected chi connectivity index (χ2v) is 7.06. The maximum absolute atomic E-state index is 12.7. The number of nitrogens with one attached hydrogen (secondary N) is 1. The molecule has 1 unspecified atom stereocenters. The van der Waals surface area contributed by atoms with Crippen molar-refractivity contribution in [1.82, 2.24) is 5.32 Å². The van der Waals surface area contributed by atoms with Gasteiger partial charge in [-0.3, -0.25) is 9.59 Å². The fourth-order valence-corrected chi connectivity index (χ4v) is 2.96. The van der Waals surface area contributed by atoms with Crippen LogP contribution in [0.15, 0.2) is 84.9 Å². The van der Waals surface area contributed by atoms with E-state index in [4.69, 9.17) is 16.3 Å². The van der Waals surface area contributed by atoms with Gasteiger partial charge in [-0.2, -0.15) is 0 Å². The van der Waals surface area contributed by atoms with Crippen LogP contribution in [-0.2, 0) is 16.0 Å². The number of hydrogen-bond acceptors (Lipinski definition) is 4. The predicted molar refractivity (Wildman–Crippen MR) is 115 cm³/mol. The molecule has 0 heterocycles. The highest BCUT2D eigenvalue weighted by Gasteiger charge is 2.24. The number of ether oxygens (including phenoxy) is 1. The Labute approximate surface area is 179 Å². The van der Waals surface area contributed by atoms with E-state index in [1.807, 2.05) is 30.3 Å². The minimum Gasteiger partial charge on any atom is -0.456 e. The Balaban J connectivity index is 1.69. The number of ketones is 1. The third kappa shape index (κ3) is 6.03. The molecule has 0 saturated heterocycles. The number of carbonyl (C=O) groups is 3. The average molecular weight is 422 g/mol. The lowest BCUT2D eigenvalue weighted by molar-refractivity contribution is -0.144. The summed E-state index contributed by atoms with van der Waals surface area (Å²) in [4.78, 5) is 37.5. The third-order valence-corrected chi connectivity index (χ3v) is 4.67. The van der Waals surface area contributed by atoms with Gasteiger partial charge in [-0.1, -0.05) is 72.3 Å². The summed E-state index contributed by atoms with van der Waals surface area (Å²) < 4.78 is 5.22. The van der Waals surface area contributed by atoms with Gasteiger partial charge in [-0.15, -0.1) is 0 Å². The van der Waals surface area contributed by atoms with Gasteiger partial charge in [0.2, 0.25) is 0 Å². The molecule has 3 aromatic rings. The minimum atomic E-state index is -0.945. The molecule has 1 N–H and O–H groups in total. The van der Waals surface area contributed by atoms with E-state index in [-0.39, 0.29) is 12.2 Å². The standard InChI is InChI=1S/C24H20ClNO4/c25-20-13-11-19(12-14-20)23(28)26-21(15-17-7-3-1-4-8-17)24(29)30-16-22(27)18-9-5-2-6-10-18/h1-14,21H,15-16H2,(H,26,28). The van der Waals surface area contributed by atoms with Crippen LogP contribution in [0.25, 0.3) is 0 Å². The molecule has 1 atom stereocenters. The molecule has 0 aliphatic heterocycles. The van der Waals surface area contributed by atoms with Gasteiger partial charge >= 0.3 is 5.97 Å². The summed E-state index contributed by atoms with van der Waals surface area (Å²) in [5.74, 6) is -1.42. The molecular weight excluding hydrogens is 402 g/mol. The van der Waals surface area contributed by atoms with Crippen LogP contribution in [0.1, 0.15) is 26.3 Å². The molecule has 0 aliphatic rings. The molecule has 0 saturated carbocycles. The molecule has 0 fully saturated rings. The van der Waals surface area contributed by atoms with Crippen molar-refractivity contribution in [1.29, 1.82) is 0 Å². The number of rotatable bonds is 8. The van der Waals surface area contributed by atoms with Crippen molar-refractivity contribution in [3.05, 3.63) is 107 Å². The molecular formula is C24H20ClNO4. The first-order chi connectivity index (χ1) is 14.5. The number of hydrogen-bond donors (Lipinski definition) is 1. The normalized spacial score (nSPS) is 11.4. The zero-order valence-corrected chi connectivity index (χ0v) is 16.8. The Morgan fingerprint density at radius 2 is 1.40 bits per heavy atom. The maximum atomic E-state index is 12.7. The number of carbonyl (C=O) groups excluding carboxylic acids is 3. The van der Waals surface area contributed by atoms with Crippen molar-refractivity contribution in [2.24, 2.45) is 0 Å². The number of benzene rings is 3. The zero-order valence-electron chi connectivity index (χ0n) is 16.1. The van der Waals surface area contributed by atoms with Crippen molar-refractivity contribution in [3.8, 4) is 0 Å². The van der Waals surface area contributed by atoms with Crippen LogP contribution in [0.3, 0.4) is 0 Å². The number of Topliss-reactive ketones (excluding diaryl/α,β-unsaturated/α-hetero) is 1. The third-order valence-electron chi connectivity index (χ3n) is 4.42. The van der Waals surface area contributed by atoms with E-state index in [9.17, 15) is 14.4 Å². The predicted octanol–water partition coefficient (Wildman–Crippen LogP) is 4.11. The monoisotopic (exact) mass is 421 g/mol.